The summed E-state index contributed by atoms with van der Waals surface area (Å²) in [5, 5.41) is 7.50. The van der Waals surface area contributed by atoms with E-state index in [1.54, 1.807) is 6.20 Å². The monoisotopic (exact) mass is 261 g/mol. The molecule has 0 atom stereocenters. The van der Waals surface area contributed by atoms with Gasteiger partial charge in [-0.3, -0.25) is 9.67 Å². The fourth-order valence-electron chi connectivity index (χ4n) is 1.59. The van der Waals surface area contributed by atoms with Crippen LogP contribution in [0.15, 0.2) is 24.5 Å². The summed E-state index contributed by atoms with van der Waals surface area (Å²) in [6.07, 6.45) is 3.55. The molecule has 2 aromatic heterocycles. The molecule has 2 aromatic rings. The number of hydrogen-bond donors (Lipinski definition) is 2. The van der Waals surface area contributed by atoms with Gasteiger partial charge in [0.2, 0.25) is 0 Å². The van der Waals surface area contributed by atoms with E-state index in [-0.39, 0.29) is 0 Å². The highest BCUT2D eigenvalue weighted by Gasteiger charge is 2.04. The molecular weight excluding hydrogens is 246 g/mol. The lowest BCUT2D eigenvalue weighted by atomic mass is 10.2. The third kappa shape index (κ3) is 2.65. The minimum absolute atomic E-state index is 0.302. The minimum Gasteiger partial charge on any atom is -0.388 e. The maximum absolute atomic E-state index is 5.55. The molecule has 0 spiro atoms. The van der Waals surface area contributed by atoms with Crippen LogP contribution in [0.5, 0.6) is 0 Å². The molecule has 0 saturated carbocycles. The summed E-state index contributed by atoms with van der Waals surface area (Å²) < 4.78 is 1.85. The van der Waals surface area contributed by atoms with Gasteiger partial charge < -0.3 is 11.1 Å². The molecule has 0 aliphatic rings. The Morgan fingerprint density at radius 1 is 1.56 bits per heavy atom. The lowest BCUT2D eigenvalue weighted by molar-refractivity contribution is 0.738. The summed E-state index contributed by atoms with van der Waals surface area (Å²) in [5.74, 6) is 0. The minimum atomic E-state index is 0.302. The van der Waals surface area contributed by atoms with Crippen molar-refractivity contribution in [2.24, 2.45) is 12.8 Å². The number of aromatic nitrogens is 3. The van der Waals surface area contributed by atoms with Gasteiger partial charge >= 0.3 is 0 Å². The van der Waals surface area contributed by atoms with E-state index < -0.39 is 0 Å². The van der Waals surface area contributed by atoms with Crippen LogP contribution in [-0.2, 0) is 13.6 Å². The molecule has 0 aliphatic heterocycles. The van der Waals surface area contributed by atoms with Crippen molar-refractivity contribution >= 4 is 22.9 Å². The van der Waals surface area contributed by atoms with Crippen molar-refractivity contribution in [3.8, 4) is 0 Å². The Bertz CT molecular complexity index is 576. The molecule has 0 bridgehead atoms. The third-order valence-electron chi connectivity index (χ3n) is 2.83. The van der Waals surface area contributed by atoms with Crippen molar-refractivity contribution in [1.82, 2.24) is 14.8 Å². The molecular formula is C12H15N5S. The summed E-state index contributed by atoms with van der Waals surface area (Å²) in [6.45, 7) is 2.75. The summed E-state index contributed by atoms with van der Waals surface area (Å²) in [4.78, 5) is 4.39. The van der Waals surface area contributed by atoms with Gasteiger partial charge in [0, 0.05) is 36.7 Å². The third-order valence-corrected chi connectivity index (χ3v) is 3.04. The number of anilines is 1. The zero-order valence-corrected chi connectivity index (χ0v) is 11.2. The molecule has 0 amide bonds. The molecule has 2 rings (SSSR count). The number of pyridine rings is 1. The van der Waals surface area contributed by atoms with Gasteiger partial charge in [0.15, 0.2) is 0 Å². The fourth-order valence-corrected chi connectivity index (χ4v) is 1.70. The van der Waals surface area contributed by atoms with Crippen LogP contribution in [0.4, 0.5) is 5.69 Å². The van der Waals surface area contributed by atoms with E-state index >= 15 is 0 Å². The van der Waals surface area contributed by atoms with Crippen LogP contribution >= 0.6 is 12.2 Å². The van der Waals surface area contributed by atoms with Gasteiger partial charge in [-0.05, 0) is 19.1 Å². The van der Waals surface area contributed by atoms with Crippen LogP contribution in [0.2, 0.25) is 0 Å². The van der Waals surface area contributed by atoms with Gasteiger partial charge in [0.1, 0.15) is 4.99 Å². The molecule has 94 valence electrons. The van der Waals surface area contributed by atoms with E-state index in [9.17, 15) is 0 Å². The average molecular weight is 261 g/mol. The van der Waals surface area contributed by atoms with E-state index in [4.69, 9.17) is 18.0 Å². The molecule has 6 heteroatoms. The lowest BCUT2D eigenvalue weighted by Gasteiger charge is -2.07. The Hall–Kier alpha value is -1.95. The number of aryl methyl sites for hydroxylation is 1. The summed E-state index contributed by atoms with van der Waals surface area (Å²) in [6, 6.07) is 3.72. The van der Waals surface area contributed by atoms with Crippen molar-refractivity contribution in [2.45, 2.75) is 13.5 Å². The standard InChI is InChI=1S/C12H15N5S/c1-8-9(7-16-17(8)2)6-15-10-3-4-14-11(5-10)12(13)18/h3-5,7H,6H2,1-2H3,(H2,13,18)(H,14,15). The molecule has 0 saturated heterocycles. The van der Waals surface area contributed by atoms with Crippen molar-refractivity contribution in [3.05, 3.63) is 41.5 Å². The highest BCUT2D eigenvalue weighted by Crippen LogP contribution is 2.12. The average Bonchev–Trinajstić information content (AvgIpc) is 2.68. The zero-order chi connectivity index (χ0) is 13.1. The summed E-state index contributed by atoms with van der Waals surface area (Å²) in [7, 11) is 1.93. The van der Waals surface area contributed by atoms with Crippen LogP contribution in [0.1, 0.15) is 17.0 Å². The van der Waals surface area contributed by atoms with Gasteiger partial charge in [-0.25, -0.2) is 0 Å². The van der Waals surface area contributed by atoms with Crippen LogP contribution in [0, 0.1) is 6.92 Å². The highest BCUT2D eigenvalue weighted by molar-refractivity contribution is 7.80. The predicted octanol–water partition coefficient (Wildman–Crippen LogP) is 1.37. The number of hydrogen-bond acceptors (Lipinski definition) is 4. The number of nitrogens with two attached hydrogens (primary N) is 1. The van der Waals surface area contributed by atoms with E-state index in [1.165, 1.54) is 0 Å². The quantitative estimate of drug-likeness (QED) is 0.814. The first-order valence-corrected chi connectivity index (χ1v) is 5.96. The Labute approximate surface area is 111 Å². The SMILES string of the molecule is Cc1c(CNc2ccnc(C(N)=S)c2)cnn1C. The van der Waals surface area contributed by atoms with Crippen LogP contribution in [0.25, 0.3) is 0 Å². The van der Waals surface area contributed by atoms with Gasteiger partial charge in [-0.15, -0.1) is 0 Å². The van der Waals surface area contributed by atoms with Gasteiger partial charge in [0.25, 0.3) is 0 Å². The van der Waals surface area contributed by atoms with Crippen molar-refractivity contribution < 1.29 is 0 Å². The molecule has 5 nitrogen and oxygen atoms in total. The van der Waals surface area contributed by atoms with Gasteiger partial charge in [0.05, 0.1) is 11.9 Å². The maximum atomic E-state index is 5.55. The number of nitrogens with zero attached hydrogens (tertiary/aromatic N) is 3. The summed E-state index contributed by atoms with van der Waals surface area (Å²) in [5.41, 5.74) is 9.41. The van der Waals surface area contributed by atoms with Crippen LogP contribution in [-0.4, -0.2) is 19.8 Å². The van der Waals surface area contributed by atoms with E-state index in [0.29, 0.717) is 17.2 Å². The van der Waals surface area contributed by atoms with Crippen molar-refractivity contribution in [3.63, 3.8) is 0 Å². The number of thiocarbonyl (C=S) groups is 1. The molecule has 0 radical (unpaired) electrons. The van der Waals surface area contributed by atoms with Crippen LogP contribution < -0.4 is 11.1 Å². The Balaban J connectivity index is 2.08. The molecule has 0 aliphatic carbocycles. The largest absolute Gasteiger partial charge is 0.388 e. The maximum Gasteiger partial charge on any atom is 0.122 e. The topological polar surface area (TPSA) is 68.8 Å². The first-order valence-electron chi connectivity index (χ1n) is 5.55. The normalized spacial score (nSPS) is 10.3. The second kappa shape index (κ2) is 5.14. The fraction of sp³-hybridized carbons (Fsp3) is 0.250. The second-order valence-corrected chi connectivity index (χ2v) is 4.47. The molecule has 0 fully saturated rings. The van der Waals surface area contributed by atoms with E-state index in [2.05, 4.69) is 15.4 Å². The molecule has 0 aromatic carbocycles. The van der Waals surface area contributed by atoms with Gasteiger partial charge in [-0.1, -0.05) is 12.2 Å². The van der Waals surface area contributed by atoms with Crippen molar-refractivity contribution in [1.29, 1.82) is 0 Å². The number of nitrogens with one attached hydrogen (secondary N) is 1. The van der Waals surface area contributed by atoms with Crippen molar-refractivity contribution in [2.75, 3.05) is 5.32 Å². The first-order chi connectivity index (χ1) is 8.58. The van der Waals surface area contributed by atoms with Crippen LogP contribution in [0.3, 0.4) is 0 Å². The first kappa shape index (κ1) is 12.5. The van der Waals surface area contributed by atoms with Gasteiger partial charge in [-0.2, -0.15) is 5.10 Å². The second-order valence-electron chi connectivity index (χ2n) is 4.03. The van der Waals surface area contributed by atoms with E-state index in [1.807, 2.05) is 37.0 Å². The Kier molecular flexibility index (Phi) is 3.57. The Morgan fingerprint density at radius 3 is 2.94 bits per heavy atom. The van der Waals surface area contributed by atoms with E-state index in [0.717, 1.165) is 16.9 Å². The molecule has 2 heterocycles. The predicted molar refractivity (Wildman–Crippen MR) is 75.4 cm³/mol. The number of rotatable bonds is 4. The molecule has 3 N–H and O–H groups in total. The summed E-state index contributed by atoms with van der Waals surface area (Å²) >= 11 is 4.90. The molecule has 18 heavy (non-hydrogen) atoms. The highest BCUT2D eigenvalue weighted by atomic mass is 32.1. The lowest BCUT2D eigenvalue weighted by Crippen LogP contribution is -2.12. The Morgan fingerprint density at radius 2 is 2.33 bits per heavy atom. The zero-order valence-electron chi connectivity index (χ0n) is 10.3. The molecule has 0 unspecified atom stereocenters. The smallest absolute Gasteiger partial charge is 0.122 e.